The summed E-state index contributed by atoms with van der Waals surface area (Å²) in [5.74, 6) is 0.709. The molecule has 3 nitrogen and oxygen atoms in total. The molecule has 23 heavy (non-hydrogen) atoms. The highest BCUT2D eigenvalue weighted by atomic mass is 35.5. The monoisotopic (exact) mass is 351 g/mol. The number of aryl methyl sites for hydroxylation is 1. The standard InChI is InChI=1S/C18H19Cl2NO2/c1-3-8-23-14-5-7-17(12(2)9-14)21-18(22)11-13-4-6-15(19)16(20)10-13/h4-7,9-10H,3,8,11H2,1-2H3,(H,21,22). The van der Waals surface area contributed by atoms with Crippen molar-refractivity contribution in [1.29, 1.82) is 0 Å². The van der Waals surface area contributed by atoms with Crippen molar-refractivity contribution in [1.82, 2.24) is 0 Å². The Hall–Kier alpha value is -1.71. The second-order valence-corrected chi connectivity index (χ2v) is 6.11. The molecular formula is C18H19Cl2NO2. The van der Waals surface area contributed by atoms with Crippen molar-refractivity contribution in [3.63, 3.8) is 0 Å². The minimum atomic E-state index is -0.103. The summed E-state index contributed by atoms with van der Waals surface area (Å²) in [7, 11) is 0. The van der Waals surface area contributed by atoms with Crippen LogP contribution in [0.3, 0.4) is 0 Å². The van der Waals surface area contributed by atoms with Gasteiger partial charge in [-0.3, -0.25) is 4.79 Å². The Balaban J connectivity index is 2.00. The summed E-state index contributed by atoms with van der Waals surface area (Å²) in [6.45, 7) is 4.68. The summed E-state index contributed by atoms with van der Waals surface area (Å²) in [5, 5.41) is 3.84. The Kier molecular flexibility index (Phi) is 6.31. The van der Waals surface area contributed by atoms with Gasteiger partial charge in [-0.1, -0.05) is 36.2 Å². The van der Waals surface area contributed by atoms with Crippen LogP contribution in [0.4, 0.5) is 5.69 Å². The molecule has 0 aliphatic carbocycles. The van der Waals surface area contributed by atoms with E-state index in [0.29, 0.717) is 16.7 Å². The van der Waals surface area contributed by atoms with E-state index in [9.17, 15) is 4.79 Å². The first-order valence-electron chi connectivity index (χ1n) is 7.47. The van der Waals surface area contributed by atoms with Gasteiger partial charge in [0.05, 0.1) is 23.1 Å². The summed E-state index contributed by atoms with van der Waals surface area (Å²) >= 11 is 11.8. The molecule has 1 N–H and O–H groups in total. The van der Waals surface area contributed by atoms with E-state index in [1.165, 1.54) is 0 Å². The SMILES string of the molecule is CCCOc1ccc(NC(=O)Cc2ccc(Cl)c(Cl)c2)c(C)c1. The quantitative estimate of drug-likeness (QED) is 0.769. The maximum Gasteiger partial charge on any atom is 0.228 e. The van der Waals surface area contributed by atoms with Crippen LogP contribution < -0.4 is 10.1 Å². The van der Waals surface area contributed by atoms with Gasteiger partial charge in [0, 0.05) is 5.69 Å². The lowest BCUT2D eigenvalue weighted by atomic mass is 10.1. The summed E-state index contributed by atoms with van der Waals surface area (Å²) < 4.78 is 5.58. The van der Waals surface area contributed by atoms with Crippen molar-refractivity contribution >= 4 is 34.8 Å². The molecule has 0 aliphatic rings. The zero-order chi connectivity index (χ0) is 16.8. The fourth-order valence-electron chi connectivity index (χ4n) is 2.12. The number of benzene rings is 2. The topological polar surface area (TPSA) is 38.3 Å². The number of hydrogen-bond donors (Lipinski definition) is 1. The van der Waals surface area contributed by atoms with Crippen LogP contribution in [-0.4, -0.2) is 12.5 Å². The molecule has 0 saturated carbocycles. The highest BCUT2D eigenvalue weighted by molar-refractivity contribution is 6.42. The molecular weight excluding hydrogens is 333 g/mol. The Bertz CT molecular complexity index is 701. The number of carbonyl (C=O) groups excluding carboxylic acids is 1. The molecule has 0 unspecified atom stereocenters. The van der Waals surface area contributed by atoms with E-state index in [2.05, 4.69) is 12.2 Å². The predicted octanol–water partition coefficient (Wildman–Crippen LogP) is 5.27. The maximum absolute atomic E-state index is 12.2. The molecule has 1 amide bonds. The predicted molar refractivity (Wildman–Crippen MR) is 95.8 cm³/mol. The zero-order valence-electron chi connectivity index (χ0n) is 13.2. The Morgan fingerprint density at radius 2 is 1.91 bits per heavy atom. The van der Waals surface area contributed by atoms with Crippen LogP contribution in [0, 0.1) is 6.92 Å². The number of hydrogen-bond acceptors (Lipinski definition) is 2. The number of nitrogens with one attached hydrogen (secondary N) is 1. The molecule has 0 fully saturated rings. The van der Waals surface area contributed by atoms with Crippen LogP contribution in [-0.2, 0) is 11.2 Å². The van der Waals surface area contributed by atoms with Crippen molar-refractivity contribution in [3.8, 4) is 5.75 Å². The number of carbonyl (C=O) groups is 1. The van der Waals surface area contributed by atoms with Gasteiger partial charge in [0.1, 0.15) is 5.75 Å². The third-order valence-electron chi connectivity index (χ3n) is 3.29. The van der Waals surface area contributed by atoms with Gasteiger partial charge in [-0.05, 0) is 54.8 Å². The highest BCUT2D eigenvalue weighted by Crippen LogP contribution is 2.24. The van der Waals surface area contributed by atoms with Crippen LogP contribution in [0.15, 0.2) is 36.4 Å². The average Bonchev–Trinajstić information content (AvgIpc) is 2.51. The van der Waals surface area contributed by atoms with Crippen LogP contribution in [0.2, 0.25) is 10.0 Å². The maximum atomic E-state index is 12.2. The van der Waals surface area contributed by atoms with E-state index in [4.69, 9.17) is 27.9 Å². The molecule has 0 spiro atoms. The lowest BCUT2D eigenvalue weighted by Gasteiger charge is -2.11. The van der Waals surface area contributed by atoms with Gasteiger partial charge in [0.2, 0.25) is 5.91 Å². The molecule has 0 aliphatic heterocycles. The van der Waals surface area contributed by atoms with Gasteiger partial charge in [0.25, 0.3) is 0 Å². The number of anilines is 1. The zero-order valence-corrected chi connectivity index (χ0v) is 14.7. The molecule has 2 aromatic rings. The van der Waals surface area contributed by atoms with Gasteiger partial charge < -0.3 is 10.1 Å². The van der Waals surface area contributed by atoms with Crippen LogP contribution in [0.25, 0.3) is 0 Å². The molecule has 0 aromatic heterocycles. The fraction of sp³-hybridized carbons (Fsp3) is 0.278. The number of ether oxygens (including phenoxy) is 1. The van der Waals surface area contributed by atoms with E-state index in [-0.39, 0.29) is 12.3 Å². The lowest BCUT2D eigenvalue weighted by molar-refractivity contribution is -0.115. The van der Waals surface area contributed by atoms with Crippen molar-refractivity contribution in [2.75, 3.05) is 11.9 Å². The number of amides is 1. The molecule has 0 heterocycles. The summed E-state index contributed by atoms with van der Waals surface area (Å²) in [6, 6.07) is 10.8. The molecule has 0 atom stereocenters. The molecule has 0 radical (unpaired) electrons. The summed E-state index contributed by atoms with van der Waals surface area (Å²) in [6.07, 6.45) is 1.20. The molecule has 5 heteroatoms. The Morgan fingerprint density at radius 3 is 2.57 bits per heavy atom. The fourth-order valence-corrected chi connectivity index (χ4v) is 2.44. The minimum absolute atomic E-state index is 0.103. The molecule has 122 valence electrons. The number of halogens is 2. The van der Waals surface area contributed by atoms with Gasteiger partial charge in [-0.2, -0.15) is 0 Å². The van der Waals surface area contributed by atoms with Gasteiger partial charge in [0.15, 0.2) is 0 Å². The third kappa shape index (κ3) is 5.15. The minimum Gasteiger partial charge on any atom is -0.494 e. The van der Waals surface area contributed by atoms with E-state index in [1.807, 2.05) is 25.1 Å². The largest absolute Gasteiger partial charge is 0.494 e. The van der Waals surface area contributed by atoms with Crippen LogP contribution in [0.5, 0.6) is 5.75 Å². The van der Waals surface area contributed by atoms with Crippen molar-refractivity contribution in [2.24, 2.45) is 0 Å². The van der Waals surface area contributed by atoms with Crippen LogP contribution in [0.1, 0.15) is 24.5 Å². The van der Waals surface area contributed by atoms with Gasteiger partial charge in [-0.15, -0.1) is 0 Å². The Morgan fingerprint density at radius 1 is 1.13 bits per heavy atom. The third-order valence-corrected chi connectivity index (χ3v) is 4.03. The van der Waals surface area contributed by atoms with E-state index in [1.54, 1.807) is 18.2 Å². The second-order valence-electron chi connectivity index (χ2n) is 5.30. The Labute approximate surface area is 146 Å². The normalized spacial score (nSPS) is 10.4. The van der Waals surface area contributed by atoms with Crippen molar-refractivity contribution in [2.45, 2.75) is 26.7 Å². The highest BCUT2D eigenvalue weighted by Gasteiger charge is 2.08. The summed E-state index contributed by atoms with van der Waals surface area (Å²) in [5.41, 5.74) is 2.55. The number of rotatable bonds is 6. The van der Waals surface area contributed by atoms with Crippen LogP contribution >= 0.6 is 23.2 Å². The first-order valence-corrected chi connectivity index (χ1v) is 8.22. The van der Waals surface area contributed by atoms with Gasteiger partial charge in [-0.25, -0.2) is 0 Å². The molecule has 0 saturated heterocycles. The van der Waals surface area contributed by atoms with Crippen molar-refractivity contribution in [3.05, 3.63) is 57.6 Å². The molecule has 0 bridgehead atoms. The first kappa shape index (κ1) is 17.6. The lowest BCUT2D eigenvalue weighted by Crippen LogP contribution is -2.15. The molecule has 2 aromatic carbocycles. The average molecular weight is 352 g/mol. The van der Waals surface area contributed by atoms with E-state index < -0.39 is 0 Å². The first-order chi connectivity index (χ1) is 11.0. The van der Waals surface area contributed by atoms with Gasteiger partial charge >= 0.3 is 0 Å². The van der Waals surface area contributed by atoms with Crippen molar-refractivity contribution < 1.29 is 9.53 Å². The molecule has 2 rings (SSSR count). The second kappa shape index (κ2) is 8.23. The smallest absolute Gasteiger partial charge is 0.228 e. The summed E-state index contributed by atoms with van der Waals surface area (Å²) in [4.78, 5) is 12.2. The van der Waals surface area contributed by atoms with E-state index in [0.717, 1.165) is 29.0 Å². The van der Waals surface area contributed by atoms with E-state index >= 15 is 0 Å².